The Morgan fingerprint density at radius 3 is 2.44 bits per heavy atom. The van der Waals surface area contributed by atoms with Crippen molar-refractivity contribution in [2.75, 3.05) is 60.9 Å². The largest absolute Gasteiger partial charge is 0.416 e. The number of rotatable bonds is 8. The highest BCUT2D eigenvalue weighted by molar-refractivity contribution is 6.33. The minimum Gasteiger partial charge on any atom is -0.362 e. The molecular formula is C33H39ClF3N11O4. The molecule has 2 amide bonds. The van der Waals surface area contributed by atoms with Gasteiger partial charge >= 0.3 is 6.18 Å². The van der Waals surface area contributed by atoms with Crippen molar-refractivity contribution in [3.05, 3.63) is 66.9 Å². The van der Waals surface area contributed by atoms with Crippen molar-refractivity contribution in [3.63, 3.8) is 0 Å². The summed E-state index contributed by atoms with van der Waals surface area (Å²) in [4.78, 5) is 64.7. The van der Waals surface area contributed by atoms with Gasteiger partial charge in [-0.15, -0.1) is 5.10 Å². The fourth-order valence-electron chi connectivity index (χ4n) is 7.11. The highest BCUT2D eigenvalue weighted by Gasteiger charge is 2.35. The molecule has 0 unspecified atom stereocenters. The van der Waals surface area contributed by atoms with Crippen LogP contribution < -0.4 is 31.6 Å². The zero-order valence-corrected chi connectivity index (χ0v) is 29.4. The first-order chi connectivity index (χ1) is 24.8. The predicted molar refractivity (Wildman–Crippen MR) is 187 cm³/mol. The van der Waals surface area contributed by atoms with E-state index in [1.54, 1.807) is 9.47 Å². The summed E-state index contributed by atoms with van der Waals surface area (Å²) in [5, 5.41) is 13.1. The van der Waals surface area contributed by atoms with Crippen molar-refractivity contribution in [2.24, 2.45) is 0 Å². The number of nitrogens with one attached hydrogen (secondary N) is 3. The molecule has 1 atom stereocenters. The van der Waals surface area contributed by atoms with E-state index in [1.165, 1.54) is 15.4 Å². The van der Waals surface area contributed by atoms with Gasteiger partial charge in [0.25, 0.3) is 17.0 Å². The maximum atomic E-state index is 14.3. The van der Waals surface area contributed by atoms with Crippen molar-refractivity contribution in [3.8, 4) is 0 Å². The molecule has 1 aromatic carbocycles. The van der Waals surface area contributed by atoms with Crippen molar-refractivity contribution in [1.82, 2.24) is 39.2 Å². The van der Waals surface area contributed by atoms with E-state index >= 15 is 0 Å². The van der Waals surface area contributed by atoms with Gasteiger partial charge in [-0.25, -0.2) is 4.68 Å². The third-order valence-electron chi connectivity index (χ3n) is 10.1. The first kappa shape index (κ1) is 35.6. The Labute approximate surface area is 300 Å². The molecule has 0 radical (unpaired) electrons. The third-order valence-corrected chi connectivity index (χ3v) is 10.4. The monoisotopic (exact) mass is 745 g/mol. The topological polar surface area (TPSA) is 158 Å². The van der Waals surface area contributed by atoms with Crippen molar-refractivity contribution in [1.29, 1.82) is 0 Å². The summed E-state index contributed by atoms with van der Waals surface area (Å²) in [6, 6.07) is 2.35. The summed E-state index contributed by atoms with van der Waals surface area (Å²) in [6.07, 6.45) is -0.0213. The number of fused-ring (bicyclic) bond motifs is 1. The highest BCUT2D eigenvalue weighted by Crippen LogP contribution is 2.34. The lowest BCUT2D eigenvalue weighted by molar-refractivity contribution is -0.137. The molecule has 3 fully saturated rings. The Kier molecular flexibility index (Phi) is 9.54. The SMILES string of the molecule is CCc1c(N2CCN(C(=O)c3c[nH]n(C4CCC4)c3=O)[C@H](C)C2)c(=O)n2nc(N3CCNCC3)nc2n1CC(=O)Nc1ccc(C(F)(F)F)cc1Cl. The number of piperazine rings is 2. The average molecular weight is 746 g/mol. The molecule has 7 rings (SSSR count). The maximum Gasteiger partial charge on any atom is 0.416 e. The van der Waals surface area contributed by atoms with Gasteiger partial charge in [-0.3, -0.25) is 19.2 Å². The van der Waals surface area contributed by atoms with Crippen LogP contribution >= 0.6 is 11.6 Å². The minimum absolute atomic E-state index is 0.00513. The molecule has 2 saturated heterocycles. The summed E-state index contributed by atoms with van der Waals surface area (Å²) in [6.45, 7) is 6.67. The third kappa shape index (κ3) is 6.53. The lowest BCUT2D eigenvalue weighted by Crippen LogP contribution is -2.56. The van der Waals surface area contributed by atoms with Crippen LogP contribution in [0.15, 0.2) is 34.0 Å². The van der Waals surface area contributed by atoms with E-state index < -0.39 is 29.2 Å². The predicted octanol–water partition coefficient (Wildman–Crippen LogP) is 2.74. The molecule has 3 N–H and O–H groups in total. The molecule has 15 nitrogen and oxygen atoms in total. The second-order valence-electron chi connectivity index (χ2n) is 13.4. The van der Waals surface area contributed by atoms with Crippen LogP contribution in [0.3, 0.4) is 0 Å². The number of hydrogen-bond donors (Lipinski definition) is 3. The second-order valence-corrected chi connectivity index (χ2v) is 13.8. The van der Waals surface area contributed by atoms with Crippen molar-refractivity contribution in [2.45, 2.75) is 64.3 Å². The Balaban J connectivity index is 1.21. The van der Waals surface area contributed by atoms with Crippen molar-refractivity contribution < 1.29 is 22.8 Å². The molecule has 0 bridgehead atoms. The Hall–Kier alpha value is -4.84. The molecule has 2 aliphatic heterocycles. The number of amides is 2. The molecule has 3 aromatic heterocycles. The number of alkyl halides is 3. The van der Waals surface area contributed by atoms with Crippen molar-refractivity contribution >= 4 is 46.5 Å². The van der Waals surface area contributed by atoms with Gasteiger partial charge in [0.15, 0.2) is 0 Å². The van der Waals surface area contributed by atoms with E-state index in [2.05, 4.69) is 20.8 Å². The molecule has 5 heterocycles. The molecule has 52 heavy (non-hydrogen) atoms. The summed E-state index contributed by atoms with van der Waals surface area (Å²) >= 11 is 6.14. The standard InChI is InChI=1S/C33H39ClF3N11O4/c1-3-25-27(44-13-14-45(19(2)17-44)28(50)22-16-39-47(29(22)51)21-5-4-6-21)30(52)48-32(41-31(42-48)43-11-9-38-10-12-43)46(25)18-26(49)40-24-8-7-20(15-23(24)34)33(35,36)37/h7-8,15-16,19,21,38-39H,3-6,9-14,17-18H2,1-2H3,(H,40,49)/t19-/m1/s1. The quantitative estimate of drug-likeness (QED) is 0.247. The van der Waals surface area contributed by atoms with E-state index in [1.807, 2.05) is 23.6 Å². The van der Waals surface area contributed by atoms with Crippen LogP contribution in [0.5, 0.6) is 0 Å². The van der Waals surface area contributed by atoms with Gasteiger partial charge in [-0.1, -0.05) is 18.5 Å². The number of halogens is 4. The van der Waals surface area contributed by atoms with Gasteiger partial charge in [-0.2, -0.15) is 22.7 Å². The minimum atomic E-state index is -4.61. The van der Waals surface area contributed by atoms with Gasteiger partial charge < -0.3 is 35.0 Å². The lowest BCUT2D eigenvalue weighted by Gasteiger charge is -2.41. The number of hydrogen-bond acceptors (Lipinski definition) is 9. The number of H-pyrrole nitrogens is 1. The van der Waals surface area contributed by atoms with E-state index in [0.717, 1.165) is 37.5 Å². The van der Waals surface area contributed by atoms with E-state index in [4.69, 9.17) is 16.6 Å². The lowest BCUT2D eigenvalue weighted by atomic mass is 9.93. The van der Waals surface area contributed by atoms with Crippen LogP contribution in [-0.4, -0.2) is 97.5 Å². The van der Waals surface area contributed by atoms with Crippen LogP contribution in [0.1, 0.15) is 60.8 Å². The Bertz CT molecular complexity index is 2130. The van der Waals surface area contributed by atoms with E-state index in [9.17, 15) is 32.3 Å². The molecule has 19 heteroatoms. The van der Waals surface area contributed by atoms with Gasteiger partial charge in [0.05, 0.1) is 28.0 Å². The molecule has 0 spiro atoms. The number of benzene rings is 1. The van der Waals surface area contributed by atoms with Gasteiger partial charge in [0, 0.05) is 58.1 Å². The van der Waals surface area contributed by atoms with Crippen LogP contribution in [0.2, 0.25) is 5.02 Å². The van der Waals surface area contributed by atoms with Crippen LogP contribution in [0, 0.1) is 0 Å². The summed E-state index contributed by atoms with van der Waals surface area (Å²) < 4.78 is 44.0. The smallest absolute Gasteiger partial charge is 0.362 e. The number of aromatic amines is 1. The van der Waals surface area contributed by atoms with Crippen LogP contribution in [-0.2, 0) is 23.9 Å². The maximum absolute atomic E-state index is 14.3. The van der Waals surface area contributed by atoms with Gasteiger partial charge in [0.2, 0.25) is 17.6 Å². The van der Waals surface area contributed by atoms with Crippen LogP contribution in [0.4, 0.5) is 30.5 Å². The molecule has 1 saturated carbocycles. The number of aromatic nitrogens is 6. The Morgan fingerprint density at radius 1 is 1.06 bits per heavy atom. The fraction of sp³-hybridized carbons (Fsp3) is 0.515. The molecule has 278 valence electrons. The second kappa shape index (κ2) is 13.9. The molecule has 3 aliphatic rings. The zero-order chi connectivity index (χ0) is 36.9. The fourth-order valence-corrected chi connectivity index (χ4v) is 7.34. The average Bonchev–Trinajstić information content (AvgIpc) is 3.70. The zero-order valence-electron chi connectivity index (χ0n) is 28.7. The normalized spacial score (nSPS) is 18.6. The first-order valence-corrected chi connectivity index (χ1v) is 17.7. The summed E-state index contributed by atoms with van der Waals surface area (Å²) in [5.74, 6) is -0.543. The van der Waals surface area contributed by atoms with E-state index in [0.29, 0.717) is 49.9 Å². The van der Waals surface area contributed by atoms with Gasteiger partial charge in [-0.05, 0) is 50.8 Å². The number of carbonyl (C=O) groups is 2. The number of carbonyl (C=O) groups excluding carboxylic acids is 2. The Morgan fingerprint density at radius 2 is 1.81 bits per heavy atom. The summed E-state index contributed by atoms with van der Waals surface area (Å²) in [7, 11) is 0. The highest BCUT2D eigenvalue weighted by atomic mass is 35.5. The molecule has 4 aromatic rings. The summed E-state index contributed by atoms with van der Waals surface area (Å²) in [5.41, 5.74) is -0.875. The molecular weight excluding hydrogens is 707 g/mol. The van der Waals surface area contributed by atoms with Gasteiger partial charge in [0.1, 0.15) is 17.8 Å². The van der Waals surface area contributed by atoms with Crippen LogP contribution in [0.25, 0.3) is 5.78 Å². The first-order valence-electron chi connectivity index (χ1n) is 17.4. The molecule has 1 aliphatic carbocycles. The number of nitrogens with zero attached hydrogens (tertiary/aromatic N) is 8. The number of anilines is 3. The van der Waals surface area contributed by atoms with E-state index in [-0.39, 0.29) is 65.7 Å².